The fourth-order valence-corrected chi connectivity index (χ4v) is 1.79. The van der Waals surface area contributed by atoms with E-state index in [4.69, 9.17) is 0 Å². The summed E-state index contributed by atoms with van der Waals surface area (Å²) in [5.74, 6) is 0.124. The highest BCUT2D eigenvalue weighted by Gasteiger charge is 2.13. The summed E-state index contributed by atoms with van der Waals surface area (Å²) in [6, 6.07) is 0. The van der Waals surface area contributed by atoms with Crippen LogP contribution in [0.25, 0.3) is 0 Å². The van der Waals surface area contributed by atoms with E-state index in [1.165, 1.54) is 19.3 Å². The predicted octanol–water partition coefficient (Wildman–Crippen LogP) is 1.28. The van der Waals surface area contributed by atoms with Crippen molar-refractivity contribution in [2.24, 2.45) is 0 Å². The molecule has 0 unspecified atom stereocenters. The second-order valence-electron chi connectivity index (χ2n) is 5.51. The molecule has 0 radical (unpaired) electrons. The van der Waals surface area contributed by atoms with Gasteiger partial charge in [0.25, 0.3) is 0 Å². The summed E-state index contributed by atoms with van der Waals surface area (Å²) in [5.41, 5.74) is 3.05. The molecule has 0 aromatic carbocycles. The van der Waals surface area contributed by atoms with E-state index in [1.807, 2.05) is 5.01 Å². The van der Waals surface area contributed by atoms with Crippen molar-refractivity contribution in [3.05, 3.63) is 0 Å². The van der Waals surface area contributed by atoms with Crippen LogP contribution in [0.3, 0.4) is 0 Å². The third kappa shape index (κ3) is 6.08. The maximum atomic E-state index is 11.6. The molecule has 1 rings (SSSR count). The average Bonchev–Trinajstić information content (AvgIpc) is 2.17. The topological polar surface area (TPSA) is 44.4 Å². The summed E-state index contributed by atoms with van der Waals surface area (Å²) in [4.78, 5) is 11.6. The molecule has 4 heteroatoms. The van der Waals surface area contributed by atoms with Crippen LogP contribution in [0, 0.1) is 0 Å². The van der Waals surface area contributed by atoms with Gasteiger partial charge in [-0.1, -0.05) is 6.42 Å². The third-order valence-corrected chi connectivity index (χ3v) is 2.65. The van der Waals surface area contributed by atoms with Crippen LogP contribution in [0.5, 0.6) is 0 Å². The van der Waals surface area contributed by atoms with Gasteiger partial charge in [-0.3, -0.25) is 10.2 Å². The van der Waals surface area contributed by atoms with Gasteiger partial charge in [0.1, 0.15) is 0 Å². The Bertz CT molecular complexity index is 217. The Morgan fingerprint density at radius 3 is 2.38 bits per heavy atom. The molecule has 1 fully saturated rings. The van der Waals surface area contributed by atoms with Crippen LogP contribution < -0.4 is 10.7 Å². The summed E-state index contributed by atoms with van der Waals surface area (Å²) in [6.07, 6.45) is 4.23. The molecule has 0 aromatic rings. The molecule has 2 N–H and O–H groups in total. The average molecular weight is 227 g/mol. The van der Waals surface area contributed by atoms with Crippen LogP contribution in [-0.2, 0) is 4.79 Å². The highest BCUT2D eigenvalue weighted by atomic mass is 16.2. The SMILES string of the molecule is CC(C)(C)NCCC(=O)NN1CCCCC1. The maximum absolute atomic E-state index is 11.6. The lowest BCUT2D eigenvalue weighted by Gasteiger charge is -2.27. The molecule has 16 heavy (non-hydrogen) atoms. The summed E-state index contributed by atoms with van der Waals surface area (Å²) < 4.78 is 0. The lowest BCUT2D eigenvalue weighted by molar-refractivity contribution is -0.126. The quantitative estimate of drug-likeness (QED) is 0.760. The summed E-state index contributed by atoms with van der Waals surface area (Å²) in [5, 5.41) is 5.36. The number of rotatable bonds is 4. The molecule has 0 spiro atoms. The maximum Gasteiger partial charge on any atom is 0.235 e. The molecular weight excluding hydrogens is 202 g/mol. The van der Waals surface area contributed by atoms with Gasteiger partial charge in [0, 0.05) is 31.6 Å². The minimum Gasteiger partial charge on any atom is -0.312 e. The van der Waals surface area contributed by atoms with E-state index >= 15 is 0 Å². The molecule has 1 saturated heterocycles. The van der Waals surface area contributed by atoms with Crippen LogP contribution in [0.15, 0.2) is 0 Å². The fourth-order valence-electron chi connectivity index (χ4n) is 1.79. The zero-order valence-electron chi connectivity index (χ0n) is 10.8. The standard InChI is InChI=1S/C12H25N3O/c1-12(2,3)13-8-7-11(16)14-15-9-5-4-6-10-15/h13H,4-10H2,1-3H3,(H,14,16). The van der Waals surface area contributed by atoms with E-state index < -0.39 is 0 Å². The number of hydrogen-bond donors (Lipinski definition) is 2. The van der Waals surface area contributed by atoms with Crippen molar-refractivity contribution in [3.8, 4) is 0 Å². The molecule has 0 atom stereocenters. The van der Waals surface area contributed by atoms with Gasteiger partial charge in [-0.25, -0.2) is 5.01 Å². The van der Waals surface area contributed by atoms with Gasteiger partial charge in [-0.2, -0.15) is 0 Å². The molecule has 0 aromatic heterocycles. The van der Waals surface area contributed by atoms with E-state index in [0.717, 1.165) is 19.6 Å². The number of nitrogens with one attached hydrogen (secondary N) is 2. The Hall–Kier alpha value is -0.610. The Morgan fingerprint density at radius 2 is 1.81 bits per heavy atom. The summed E-state index contributed by atoms with van der Waals surface area (Å²) >= 11 is 0. The molecular formula is C12H25N3O. The van der Waals surface area contributed by atoms with E-state index in [9.17, 15) is 4.79 Å². The minimum atomic E-state index is 0.0887. The Kier molecular flexibility index (Phi) is 5.22. The van der Waals surface area contributed by atoms with Crippen LogP contribution in [-0.4, -0.2) is 36.1 Å². The molecule has 1 aliphatic heterocycles. The predicted molar refractivity (Wildman–Crippen MR) is 65.9 cm³/mol. The highest BCUT2D eigenvalue weighted by Crippen LogP contribution is 2.05. The largest absolute Gasteiger partial charge is 0.312 e. The second-order valence-corrected chi connectivity index (χ2v) is 5.51. The lowest BCUT2D eigenvalue weighted by Crippen LogP contribution is -2.46. The van der Waals surface area contributed by atoms with Gasteiger partial charge < -0.3 is 5.32 Å². The normalized spacial score (nSPS) is 18.4. The summed E-state index contributed by atoms with van der Waals surface area (Å²) in [6.45, 7) is 9.06. The number of carbonyl (C=O) groups excluding carboxylic acids is 1. The molecule has 0 aliphatic carbocycles. The van der Waals surface area contributed by atoms with Gasteiger partial charge in [0.05, 0.1) is 0 Å². The van der Waals surface area contributed by atoms with Gasteiger partial charge in [-0.15, -0.1) is 0 Å². The molecule has 0 saturated carbocycles. The van der Waals surface area contributed by atoms with E-state index in [1.54, 1.807) is 0 Å². The first-order valence-corrected chi connectivity index (χ1v) is 6.27. The molecule has 1 aliphatic rings. The van der Waals surface area contributed by atoms with Crippen LogP contribution in [0.2, 0.25) is 0 Å². The smallest absolute Gasteiger partial charge is 0.235 e. The molecule has 0 bridgehead atoms. The van der Waals surface area contributed by atoms with Crippen molar-refractivity contribution in [2.75, 3.05) is 19.6 Å². The van der Waals surface area contributed by atoms with E-state index in [-0.39, 0.29) is 11.4 Å². The monoisotopic (exact) mass is 227 g/mol. The van der Waals surface area contributed by atoms with Crippen LogP contribution in [0.1, 0.15) is 46.5 Å². The number of nitrogens with zero attached hydrogens (tertiary/aromatic N) is 1. The van der Waals surface area contributed by atoms with Gasteiger partial charge in [0.2, 0.25) is 5.91 Å². The van der Waals surface area contributed by atoms with Crippen LogP contribution in [0.4, 0.5) is 0 Å². The fraction of sp³-hybridized carbons (Fsp3) is 0.917. The third-order valence-electron chi connectivity index (χ3n) is 2.65. The van der Waals surface area contributed by atoms with Crippen molar-refractivity contribution in [2.45, 2.75) is 52.0 Å². The van der Waals surface area contributed by atoms with Crippen molar-refractivity contribution in [3.63, 3.8) is 0 Å². The van der Waals surface area contributed by atoms with Crippen molar-refractivity contribution < 1.29 is 4.79 Å². The van der Waals surface area contributed by atoms with Crippen molar-refractivity contribution in [1.82, 2.24) is 15.8 Å². The van der Waals surface area contributed by atoms with Crippen LogP contribution >= 0.6 is 0 Å². The second kappa shape index (κ2) is 6.21. The number of piperidine rings is 1. The van der Waals surface area contributed by atoms with E-state index in [0.29, 0.717) is 6.42 Å². The first-order chi connectivity index (χ1) is 7.47. The van der Waals surface area contributed by atoms with Crippen molar-refractivity contribution >= 4 is 5.91 Å². The molecule has 94 valence electrons. The molecule has 1 heterocycles. The lowest BCUT2D eigenvalue weighted by atomic mass is 10.1. The highest BCUT2D eigenvalue weighted by molar-refractivity contribution is 5.75. The van der Waals surface area contributed by atoms with Gasteiger partial charge >= 0.3 is 0 Å². The first-order valence-electron chi connectivity index (χ1n) is 6.27. The van der Waals surface area contributed by atoms with Gasteiger partial charge in [0.15, 0.2) is 0 Å². The zero-order chi connectivity index (χ0) is 12.0. The molecule has 4 nitrogen and oxygen atoms in total. The number of carbonyl (C=O) groups is 1. The zero-order valence-corrected chi connectivity index (χ0v) is 10.8. The number of hydrogen-bond acceptors (Lipinski definition) is 3. The number of hydrazine groups is 1. The van der Waals surface area contributed by atoms with Crippen molar-refractivity contribution in [1.29, 1.82) is 0 Å². The Morgan fingerprint density at radius 1 is 1.19 bits per heavy atom. The Labute approximate surface area is 98.7 Å². The molecule has 1 amide bonds. The summed E-state index contributed by atoms with van der Waals surface area (Å²) in [7, 11) is 0. The first kappa shape index (κ1) is 13.5. The van der Waals surface area contributed by atoms with E-state index in [2.05, 4.69) is 31.5 Å². The number of amides is 1. The van der Waals surface area contributed by atoms with Gasteiger partial charge in [-0.05, 0) is 33.6 Å². The minimum absolute atomic E-state index is 0.0887. The Balaban J connectivity index is 2.10.